The molecule has 0 heterocycles. The van der Waals surface area contributed by atoms with Gasteiger partial charge in [-0.25, -0.2) is 0 Å². The molecule has 0 saturated carbocycles. The van der Waals surface area contributed by atoms with E-state index in [-0.39, 0.29) is 0 Å². The zero-order valence-corrected chi connectivity index (χ0v) is 17.6. The number of rotatable bonds is 16. The van der Waals surface area contributed by atoms with Crippen molar-refractivity contribution in [1.82, 2.24) is 0 Å². The third-order valence-corrected chi connectivity index (χ3v) is 5.52. The maximum absolute atomic E-state index is 10.9. The van der Waals surface area contributed by atoms with Crippen molar-refractivity contribution in [2.45, 2.75) is 89.9 Å². The van der Waals surface area contributed by atoms with Gasteiger partial charge in [0.15, 0.2) is 0 Å². The van der Waals surface area contributed by atoms with E-state index in [1.165, 1.54) is 63.4 Å². The smallest absolute Gasteiger partial charge is 0.264 e. The minimum absolute atomic E-state index is 0.318. The number of unbranched alkanes of at least 4 members (excludes halogenated alkanes) is 8. The van der Waals surface area contributed by atoms with E-state index in [0.717, 1.165) is 25.5 Å². The Labute approximate surface area is 161 Å². The molecule has 3 nitrogen and oxygen atoms in total. The molecule has 1 aromatic rings. The second-order valence-electron chi connectivity index (χ2n) is 7.39. The standard InChI is InChI=1S/C22H38O3S/c1-3-4-5-6-7-11-16-21(22-18-13-10-14-19-22)17-12-8-9-15-20-25-26(2,23)24/h10,13-14,18-19,21H,3-9,11-12,15-17,20H2,1-2H3. The summed E-state index contributed by atoms with van der Waals surface area (Å²) in [7, 11) is -3.29. The Kier molecular flexibility index (Phi) is 12.7. The van der Waals surface area contributed by atoms with Gasteiger partial charge in [-0.2, -0.15) is 8.42 Å². The average molecular weight is 383 g/mol. The average Bonchev–Trinajstić information content (AvgIpc) is 2.61. The first-order valence-corrected chi connectivity index (χ1v) is 12.2. The van der Waals surface area contributed by atoms with Gasteiger partial charge in [0, 0.05) is 0 Å². The molecule has 1 aromatic carbocycles. The van der Waals surface area contributed by atoms with E-state index in [2.05, 4.69) is 37.3 Å². The Morgan fingerprint density at radius 3 is 1.92 bits per heavy atom. The first-order chi connectivity index (χ1) is 12.5. The van der Waals surface area contributed by atoms with Gasteiger partial charge in [-0.3, -0.25) is 4.18 Å². The van der Waals surface area contributed by atoms with E-state index in [1.54, 1.807) is 0 Å². The monoisotopic (exact) mass is 382 g/mol. The van der Waals surface area contributed by atoms with Crippen LogP contribution in [0, 0.1) is 0 Å². The molecule has 0 aliphatic carbocycles. The third kappa shape index (κ3) is 12.5. The summed E-state index contributed by atoms with van der Waals surface area (Å²) in [5.41, 5.74) is 1.47. The molecular formula is C22H38O3S. The highest BCUT2D eigenvalue weighted by Gasteiger charge is 2.11. The summed E-state index contributed by atoms with van der Waals surface area (Å²) in [6, 6.07) is 10.9. The largest absolute Gasteiger partial charge is 0.270 e. The quantitative estimate of drug-likeness (QED) is 0.244. The van der Waals surface area contributed by atoms with E-state index >= 15 is 0 Å². The highest BCUT2D eigenvalue weighted by Crippen LogP contribution is 2.28. The fourth-order valence-electron chi connectivity index (χ4n) is 3.43. The predicted octanol–water partition coefficient (Wildman–Crippen LogP) is 6.45. The summed E-state index contributed by atoms with van der Waals surface area (Å²) in [5, 5.41) is 0. The summed E-state index contributed by atoms with van der Waals surface area (Å²) < 4.78 is 26.6. The first-order valence-electron chi connectivity index (χ1n) is 10.4. The molecule has 0 amide bonds. The highest BCUT2D eigenvalue weighted by molar-refractivity contribution is 7.85. The van der Waals surface area contributed by atoms with E-state index in [0.29, 0.717) is 12.5 Å². The normalized spacial score (nSPS) is 13.0. The Morgan fingerprint density at radius 2 is 1.35 bits per heavy atom. The lowest BCUT2D eigenvalue weighted by atomic mass is 9.88. The summed E-state index contributed by atoms with van der Waals surface area (Å²) in [5.74, 6) is 0.662. The van der Waals surface area contributed by atoms with E-state index in [4.69, 9.17) is 4.18 Å². The van der Waals surface area contributed by atoms with Crippen molar-refractivity contribution >= 4 is 10.1 Å². The molecule has 150 valence electrons. The van der Waals surface area contributed by atoms with Gasteiger partial charge in [0.05, 0.1) is 12.9 Å². The van der Waals surface area contributed by atoms with Crippen LogP contribution >= 0.6 is 0 Å². The minimum Gasteiger partial charge on any atom is -0.270 e. The number of benzene rings is 1. The molecule has 1 atom stereocenters. The van der Waals surface area contributed by atoms with Gasteiger partial charge in [-0.15, -0.1) is 0 Å². The van der Waals surface area contributed by atoms with Gasteiger partial charge >= 0.3 is 0 Å². The van der Waals surface area contributed by atoms with Gasteiger partial charge in [0.25, 0.3) is 10.1 Å². The van der Waals surface area contributed by atoms with Crippen molar-refractivity contribution in [1.29, 1.82) is 0 Å². The molecule has 0 aliphatic rings. The van der Waals surface area contributed by atoms with Gasteiger partial charge in [0.1, 0.15) is 0 Å². The van der Waals surface area contributed by atoms with Crippen molar-refractivity contribution in [2.75, 3.05) is 12.9 Å². The van der Waals surface area contributed by atoms with Crippen LogP contribution in [-0.4, -0.2) is 21.3 Å². The van der Waals surface area contributed by atoms with Crippen LogP contribution in [0.25, 0.3) is 0 Å². The summed E-state index contributed by atoms with van der Waals surface area (Å²) in [4.78, 5) is 0. The summed E-state index contributed by atoms with van der Waals surface area (Å²) >= 11 is 0. The molecule has 4 heteroatoms. The van der Waals surface area contributed by atoms with E-state index < -0.39 is 10.1 Å². The fraction of sp³-hybridized carbons (Fsp3) is 0.727. The molecule has 1 unspecified atom stereocenters. The van der Waals surface area contributed by atoms with Gasteiger partial charge < -0.3 is 0 Å². The maximum Gasteiger partial charge on any atom is 0.264 e. The molecule has 0 aromatic heterocycles. The second-order valence-corrected chi connectivity index (χ2v) is 9.04. The number of hydrogen-bond acceptors (Lipinski definition) is 3. The molecule has 1 rings (SSSR count). The van der Waals surface area contributed by atoms with Gasteiger partial charge in [-0.05, 0) is 30.7 Å². The molecule has 0 spiro atoms. The van der Waals surface area contributed by atoms with Crippen molar-refractivity contribution in [3.8, 4) is 0 Å². The van der Waals surface area contributed by atoms with Crippen molar-refractivity contribution < 1.29 is 12.6 Å². The summed E-state index contributed by atoms with van der Waals surface area (Å²) in [6.45, 7) is 2.58. The molecule has 0 saturated heterocycles. The fourth-order valence-corrected chi connectivity index (χ4v) is 3.85. The van der Waals surface area contributed by atoms with Gasteiger partial charge in [0.2, 0.25) is 0 Å². The Hall–Kier alpha value is -0.870. The zero-order valence-electron chi connectivity index (χ0n) is 16.8. The minimum atomic E-state index is -3.29. The molecule has 0 bridgehead atoms. The van der Waals surface area contributed by atoms with Crippen LogP contribution in [0.1, 0.15) is 95.5 Å². The topological polar surface area (TPSA) is 43.4 Å². The molecular weight excluding hydrogens is 344 g/mol. The van der Waals surface area contributed by atoms with E-state index in [9.17, 15) is 8.42 Å². The number of hydrogen-bond donors (Lipinski definition) is 0. The summed E-state index contributed by atoms with van der Waals surface area (Å²) in [6.07, 6.45) is 15.9. The van der Waals surface area contributed by atoms with E-state index in [1.807, 2.05) is 0 Å². The molecule has 0 radical (unpaired) electrons. The highest BCUT2D eigenvalue weighted by atomic mass is 32.2. The van der Waals surface area contributed by atoms with Crippen LogP contribution in [0.3, 0.4) is 0 Å². The van der Waals surface area contributed by atoms with Crippen LogP contribution in [0.5, 0.6) is 0 Å². The van der Waals surface area contributed by atoms with Crippen molar-refractivity contribution in [3.63, 3.8) is 0 Å². The SMILES string of the molecule is CCCCCCCCC(CCCCCCOS(C)(=O)=O)c1ccccc1. The maximum atomic E-state index is 10.9. The lowest BCUT2D eigenvalue weighted by Gasteiger charge is -2.17. The predicted molar refractivity (Wildman–Crippen MR) is 111 cm³/mol. The Balaban J connectivity index is 2.25. The molecule has 0 N–H and O–H groups in total. The van der Waals surface area contributed by atoms with Crippen LogP contribution < -0.4 is 0 Å². The Bertz CT molecular complexity index is 540. The zero-order chi connectivity index (χ0) is 19.1. The molecule has 0 fully saturated rings. The molecule has 26 heavy (non-hydrogen) atoms. The van der Waals surface area contributed by atoms with Crippen LogP contribution in [0.4, 0.5) is 0 Å². The van der Waals surface area contributed by atoms with Crippen LogP contribution in [0.2, 0.25) is 0 Å². The van der Waals surface area contributed by atoms with Crippen LogP contribution in [-0.2, 0) is 14.3 Å². The Morgan fingerprint density at radius 1 is 0.808 bits per heavy atom. The van der Waals surface area contributed by atoms with Gasteiger partial charge in [-0.1, -0.05) is 95.0 Å². The second kappa shape index (κ2) is 14.2. The third-order valence-electron chi connectivity index (χ3n) is 4.92. The molecule has 0 aliphatic heterocycles. The van der Waals surface area contributed by atoms with Crippen LogP contribution in [0.15, 0.2) is 30.3 Å². The lowest BCUT2D eigenvalue weighted by molar-refractivity contribution is 0.309. The lowest BCUT2D eigenvalue weighted by Crippen LogP contribution is -2.04. The van der Waals surface area contributed by atoms with Crippen molar-refractivity contribution in [3.05, 3.63) is 35.9 Å². The van der Waals surface area contributed by atoms with Crippen molar-refractivity contribution in [2.24, 2.45) is 0 Å². The first kappa shape index (κ1) is 23.2.